The van der Waals surface area contributed by atoms with Crippen molar-refractivity contribution in [3.05, 3.63) is 35.4 Å². The number of amides is 1. The van der Waals surface area contributed by atoms with Crippen LogP contribution in [-0.4, -0.2) is 31.2 Å². The fourth-order valence-electron chi connectivity index (χ4n) is 1.83. The average molecular weight is 235 g/mol. The third-order valence-electron chi connectivity index (χ3n) is 2.69. The predicted octanol–water partition coefficient (Wildman–Crippen LogP) is 0.906. The third kappa shape index (κ3) is 2.62. The van der Waals surface area contributed by atoms with Gasteiger partial charge in [0.1, 0.15) is 6.29 Å². The van der Waals surface area contributed by atoms with Gasteiger partial charge < -0.3 is 15.2 Å². The van der Waals surface area contributed by atoms with E-state index < -0.39 is 11.7 Å². The van der Waals surface area contributed by atoms with E-state index in [2.05, 4.69) is 0 Å². The van der Waals surface area contributed by atoms with Gasteiger partial charge in [-0.15, -0.1) is 0 Å². The van der Waals surface area contributed by atoms with Gasteiger partial charge in [0.2, 0.25) is 0 Å². The molecule has 2 rings (SSSR count). The number of carbonyl (C=O) groups excluding carboxylic acids is 2. The minimum atomic E-state index is -0.794. The molecule has 90 valence electrons. The molecule has 1 heterocycles. The summed E-state index contributed by atoms with van der Waals surface area (Å²) in [5, 5.41) is 0. The van der Waals surface area contributed by atoms with Crippen molar-refractivity contribution >= 4 is 12.4 Å². The first-order valence-corrected chi connectivity index (χ1v) is 5.24. The van der Waals surface area contributed by atoms with Gasteiger partial charge in [-0.1, -0.05) is 24.3 Å². The van der Waals surface area contributed by atoms with E-state index in [1.54, 1.807) is 12.1 Å². The van der Waals surface area contributed by atoms with Crippen LogP contribution in [0.3, 0.4) is 0 Å². The largest absolute Gasteiger partial charge is 0.438 e. The van der Waals surface area contributed by atoms with Gasteiger partial charge in [0.05, 0.1) is 13.2 Å². The Morgan fingerprint density at radius 1 is 1.41 bits per heavy atom. The van der Waals surface area contributed by atoms with E-state index in [1.165, 1.54) is 0 Å². The molecule has 0 atom stereocenters. The Kier molecular flexibility index (Phi) is 3.10. The molecule has 0 bridgehead atoms. The second kappa shape index (κ2) is 4.55. The normalized spacial score (nSPS) is 16.9. The first-order chi connectivity index (χ1) is 8.13. The number of ether oxygens (including phenoxy) is 2. The monoisotopic (exact) mass is 235 g/mol. The van der Waals surface area contributed by atoms with Crippen LogP contribution in [0.5, 0.6) is 0 Å². The second-order valence-electron chi connectivity index (χ2n) is 4.13. The third-order valence-corrected chi connectivity index (χ3v) is 2.69. The maximum Gasteiger partial charge on any atom is 0.405 e. The van der Waals surface area contributed by atoms with Gasteiger partial charge in [-0.25, -0.2) is 4.79 Å². The highest BCUT2D eigenvalue weighted by molar-refractivity contribution is 5.74. The molecule has 1 aliphatic heterocycles. The van der Waals surface area contributed by atoms with Crippen molar-refractivity contribution in [1.82, 2.24) is 0 Å². The molecular weight excluding hydrogens is 222 g/mol. The molecule has 1 aromatic carbocycles. The number of benzene rings is 1. The number of hydrogen-bond donors (Lipinski definition) is 1. The van der Waals surface area contributed by atoms with Gasteiger partial charge in [0.25, 0.3) is 0 Å². The minimum Gasteiger partial charge on any atom is -0.438 e. The van der Waals surface area contributed by atoms with Crippen molar-refractivity contribution in [2.24, 2.45) is 5.73 Å². The average Bonchev–Trinajstić information content (AvgIpc) is 2.26. The van der Waals surface area contributed by atoms with E-state index in [9.17, 15) is 9.59 Å². The molecule has 17 heavy (non-hydrogen) atoms. The summed E-state index contributed by atoms with van der Waals surface area (Å²) >= 11 is 0. The highest BCUT2D eigenvalue weighted by Crippen LogP contribution is 2.26. The maximum atomic E-state index is 10.8. The van der Waals surface area contributed by atoms with Gasteiger partial charge in [-0.05, 0) is 5.56 Å². The molecule has 0 spiro atoms. The maximum absolute atomic E-state index is 10.8. The van der Waals surface area contributed by atoms with Crippen LogP contribution in [0.15, 0.2) is 24.3 Å². The molecule has 0 radical (unpaired) electrons. The van der Waals surface area contributed by atoms with E-state index in [0.717, 1.165) is 11.8 Å². The van der Waals surface area contributed by atoms with E-state index in [0.29, 0.717) is 25.2 Å². The van der Waals surface area contributed by atoms with Crippen molar-refractivity contribution in [2.45, 2.75) is 12.0 Å². The summed E-state index contributed by atoms with van der Waals surface area (Å²) in [6.45, 7) is 0.705. The van der Waals surface area contributed by atoms with Gasteiger partial charge in [0, 0.05) is 12.0 Å². The van der Waals surface area contributed by atoms with Crippen LogP contribution >= 0.6 is 0 Å². The predicted molar refractivity (Wildman–Crippen MR) is 59.8 cm³/mol. The number of primary amides is 1. The summed E-state index contributed by atoms with van der Waals surface area (Å²) in [4.78, 5) is 21.3. The summed E-state index contributed by atoms with van der Waals surface area (Å²) < 4.78 is 10.1. The summed E-state index contributed by atoms with van der Waals surface area (Å²) in [6.07, 6.45) is 0.527. The van der Waals surface area contributed by atoms with E-state index in [4.69, 9.17) is 15.2 Å². The number of hydrogen-bond acceptors (Lipinski definition) is 4. The molecule has 0 saturated carbocycles. The molecular formula is C12H13NO4. The van der Waals surface area contributed by atoms with Crippen LogP contribution in [0.1, 0.15) is 15.9 Å². The fraction of sp³-hybridized carbons (Fsp3) is 0.333. The lowest BCUT2D eigenvalue weighted by atomic mass is 9.92. The molecule has 1 aliphatic rings. The van der Waals surface area contributed by atoms with Gasteiger partial charge in [-0.2, -0.15) is 0 Å². The SMILES string of the molecule is NC(=O)OC1(Cc2ccc(C=O)cc2)COC1. The lowest BCUT2D eigenvalue weighted by Gasteiger charge is -2.40. The second-order valence-corrected chi connectivity index (χ2v) is 4.13. The molecule has 5 nitrogen and oxygen atoms in total. The molecule has 5 heteroatoms. The van der Waals surface area contributed by atoms with Crippen LogP contribution in [-0.2, 0) is 15.9 Å². The summed E-state index contributed by atoms with van der Waals surface area (Å²) in [7, 11) is 0. The standard InChI is InChI=1S/C12H13NO4/c13-11(15)17-12(7-16-8-12)5-9-1-3-10(6-14)4-2-9/h1-4,6H,5,7-8H2,(H2,13,15). The first kappa shape index (κ1) is 11.6. The molecule has 1 amide bonds. The van der Waals surface area contributed by atoms with Gasteiger partial charge in [0.15, 0.2) is 5.60 Å². The zero-order chi connectivity index (χ0) is 12.3. The molecule has 1 saturated heterocycles. The van der Waals surface area contributed by atoms with Crippen molar-refractivity contribution in [3.63, 3.8) is 0 Å². The highest BCUT2D eigenvalue weighted by atomic mass is 16.6. The fourth-order valence-corrected chi connectivity index (χ4v) is 1.83. The summed E-state index contributed by atoms with van der Waals surface area (Å²) in [5.41, 5.74) is 5.97. The van der Waals surface area contributed by atoms with Crippen LogP contribution in [0.4, 0.5) is 4.79 Å². The minimum absolute atomic E-state index is 0.353. The molecule has 1 aromatic rings. The first-order valence-electron chi connectivity index (χ1n) is 5.24. The van der Waals surface area contributed by atoms with Crippen molar-refractivity contribution in [2.75, 3.05) is 13.2 Å². The Labute approximate surface area is 98.5 Å². The number of nitrogens with two attached hydrogens (primary N) is 1. The molecule has 0 unspecified atom stereocenters. The van der Waals surface area contributed by atoms with Crippen molar-refractivity contribution < 1.29 is 19.1 Å². The Hall–Kier alpha value is -1.88. The summed E-state index contributed by atoms with van der Waals surface area (Å²) in [5.74, 6) is 0. The smallest absolute Gasteiger partial charge is 0.405 e. The van der Waals surface area contributed by atoms with Crippen molar-refractivity contribution in [3.8, 4) is 0 Å². The molecule has 0 aliphatic carbocycles. The number of rotatable bonds is 4. The topological polar surface area (TPSA) is 78.6 Å². The van der Waals surface area contributed by atoms with Crippen LogP contribution in [0.25, 0.3) is 0 Å². The Balaban J connectivity index is 2.07. The van der Waals surface area contributed by atoms with Crippen LogP contribution < -0.4 is 5.73 Å². The van der Waals surface area contributed by atoms with Crippen molar-refractivity contribution in [1.29, 1.82) is 0 Å². The van der Waals surface area contributed by atoms with Crippen LogP contribution in [0.2, 0.25) is 0 Å². The Morgan fingerprint density at radius 3 is 2.47 bits per heavy atom. The quantitative estimate of drug-likeness (QED) is 0.786. The zero-order valence-corrected chi connectivity index (χ0v) is 9.22. The zero-order valence-electron chi connectivity index (χ0n) is 9.22. The van der Waals surface area contributed by atoms with E-state index >= 15 is 0 Å². The lowest BCUT2D eigenvalue weighted by molar-refractivity contribution is -0.175. The Bertz CT molecular complexity index is 423. The van der Waals surface area contributed by atoms with Gasteiger partial charge in [-0.3, -0.25) is 4.79 Å². The molecule has 1 fully saturated rings. The molecule has 2 N–H and O–H groups in total. The Morgan fingerprint density at radius 2 is 2.06 bits per heavy atom. The van der Waals surface area contributed by atoms with Gasteiger partial charge >= 0.3 is 6.09 Å². The van der Waals surface area contributed by atoms with Crippen LogP contribution in [0, 0.1) is 0 Å². The lowest BCUT2D eigenvalue weighted by Crippen LogP contribution is -2.55. The highest BCUT2D eigenvalue weighted by Gasteiger charge is 2.42. The molecule has 0 aromatic heterocycles. The van der Waals surface area contributed by atoms with E-state index in [-0.39, 0.29) is 0 Å². The van der Waals surface area contributed by atoms with E-state index in [1.807, 2.05) is 12.1 Å². The number of carbonyl (C=O) groups is 2. The summed E-state index contributed by atoms with van der Waals surface area (Å²) in [6, 6.07) is 7.10. The number of aldehydes is 1.